The Morgan fingerprint density at radius 2 is 1.79 bits per heavy atom. The van der Waals surface area contributed by atoms with Crippen molar-refractivity contribution in [2.24, 2.45) is 0 Å². The highest BCUT2D eigenvalue weighted by molar-refractivity contribution is 5.49. The lowest BCUT2D eigenvalue weighted by atomic mass is 10.1. The third-order valence-corrected chi connectivity index (χ3v) is 4.61. The van der Waals surface area contributed by atoms with E-state index >= 15 is 0 Å². The monoisotopic (exact) mass is 329 g/mol. The van der Waals surface area contributed by atoms with Gasteiger partial charge in [0, 0.05) is 23.5 Å². The van der Waals surface area contributed by atoms with Gasteiger partial charge in [-0.1, -0.05) is 0 Å². The van der Waals surface area contributed by atoms with E-state index in [1.807, 2.05) is 19.1 Å². The van der Waals surface area contributed by atoms with Crippen molar-refractivity contribution in [3.63, 3.8) is 0 Å². The zero-order valence-corrected chi connectivity index (χ0v) is 14.6. The molecule has 1 N–H and O–H groups in total. The minimum Gasteiger partial charge on any atom is -0.496 e. The predicted octanol–water partition coefficient (Wildman–Crippen LogP) is 0.707. The fourth-order valence-electron chi connectivity index (χ4n) is 3.30. The van der Waals surface area contributed by atoms with E-state index in [1.165, 1.54) is 5.56 Å². The zero-order chi connectivity index (χ0) is 16.9. The molecule has 6 heteroatoms. The summed E-state index contributed by atoms with van der Waals surface area (Å²) in [5.41, 5.74) is 2.29. The summed E-state index contributed by atoms with van der Waals surface area (Å²) in [6, 6.07) is 5.99. The Hall–Kier alpha value is -2.34. The van der Waals surface area contributed by atoms with E-state index in [9.17, 15) is 0 Å². The maximum Gasteiger partial charge on any atom is 0.225 e. The molecule has 2 heterocycles. The summed E-state index contributed by atoms with van der Waals surface area (Å²) in [5.74, 6) is 2.64. The molecule has 1 aliphatic heterocycles. The maximum absolute atomic E-state index is 5.63. The van der Waals surface area contributed by atoms with Crippen molar-refractivity contribution in [1.29, 1.82) is 0 Å². The van der Waals surface area contributed by atoms with Gasteiger partial charge in [0.15, 0.2) is 0 Å². The lowest BCUT2D eigenvalue weighted by molar-refractivity contribution is -0.914. The molecule has 0 saturated carbocycles. The molecule has 0 spiro atoms. The Morgan fingerprint density at radius 3 is 2.42 bits per heavy atom. The van der Waals surface area contributed by atoms with Crippen molar-refractivity contribution in [2.45, 2.75) is 13.5 Å². The van der Waals surface area contributed by atoms with Crippen LogP contribution < -0.4 is 19.3 Å². The van der Waals surface area contributed by atoms with Crippen LogP contribution in [-0.4, -0.2) is 50.4 Å². The quantitative estimate of drug-likeness (QED) is 0.875. The number of hydrogen-bond acceptors (Lipinski definition) is 5. The highest BCUT2D eigenvalue weighted by Crippen LogP contribution is 2.30. The molecule has 0 atom stereocenters. The van der Waals surface area contributed by atoms with Crippen LogP contribution in [0.5, 0.6) is 11.5 Å². The van der Waals surface area contributed by atoms with Crippen molar-refractivity contribution in [1.82, 2.24) is 9.97 Å². The lowest BCUT2D eigenvalue weighted by Gasteiger charge is -2.32. The van der Waals surface area contributed by atoms with E-state index in [2.05, 4.69) is 20.9 Å². The minimum atomic E-state index is 0.828. The average Bonchev–Trinajstić information content (AvgIpc) is 2.63. The summed E-state index contributed by atoms with van der Waals surface area (Å²) in [6.45, 7) is 7.06. The average molecular weight is 329 g/mol. The van der Waals surface area contributed by atoms with Crippen LogP contribution in [0.25, 0.3) is 0 Å². The van der Waals surface area contributed by atoms with Crippen molar-refractivity contribution in [3.05, 3.63) is 41.7 Å². The van der Waals surface area contributed by atoms with Gasteiger partial charge in [-0.15, -0.1) is 0 Å². The molecule has 2 aromatic rings. The molecule has 1 aromatic carbocycles. The number of rotatable bonds is 5. The summed E-state index contributed by atoms with van der Waals surface area (Å²) >= 11 is 0. The van der Waals surface area contributed by atoms with Gasteiger partial charge in [0.1, 0.15) is 18.0 Å². The number of anilines is 1. The third kappa shape index (κ3) is 3.43. The van der Waals surface area contributed by atoms with Crippen LogP contribution in [0.15, 0.2) is 30.6 Å². The fraction of sp³-hybridized carbons (Fsp3) is 0.444. The summed E-state index contributed by atoms with van der Waals surface area (Å²) in [7, 11) is 3.42. The van der Waals surface area contributed by atoms with Gasteiger partial charge < -0.3 is 19.3 Å². The van der Waals surface area contributed by atoms with Crippen LogP contribution in [-0.2, 0) is 6.54 Å². The summed E-state index contributed by atoms with van der Waals surface area (Å²) in [5, 5.41) is 0. The molecular weight excluding hydrogens is 304 g/mol. The number of hydrogen-bond donors (Lipinski definition) is 1. The molecule has 128 valence electrons. The highest BCUT2D eigenvalue weighted by Gasteiger charge is 2.23. The molecule has 24 heavy (non-hydrogen) atoms. The predicted molar refractivity (Wildman–Crippen MR) is 92.9 cm³/mol. The number of aromatic nitrogens is 2. The zero-order valence-electron chi connectivity index (χ0n) is 14.6. The van der Waals surface area contributed by atoms with Gasteiger partial charge in [0.2, 0.25) is 5.95 Å². The first-order valence-electron chi connectivity index (χ1n) is 8.29. The molecule has 0 unspecified atom stereocenters. The van der Waals surface area contributed by atoms with Gasteiger partial charge in [0.25, 0.3) is 0 Å². The van der Waals surface area contributed by atoms with Crippen molar-refractivity contribution in [2.75, 3.05) is 45.3 Å². The summed E-state index contributed by atoms with van der Waals surface area (Å²) < 4.78 is 11.0. The molecule has 6 nitrogen and oxygen atoms in total. The Kier molecular flexibility index (Phi) is 5.15. The van der Waals surface area contributed by atoms with Gasteiger partial charge in [-0.3, -0.25) is 0 Å². The molecule has 1 aliphatic rings. The van der Waals surface area contributed by atoms with E-state index in [4.69, 9.17) is 9.47 Å². The number of piperazine rings is 1. The standard InChI is InChI=1S/C18H24N4O2/c1-14-16(23-2)6-5-15(17(14)24-3)13-21-9-11-22(12-10-21)18-19-7-4-8-20-18/h4-8H,9-13H2,1-3H3/p+1. The smallest absolute Gasteiger partial charge is 0.225 e. The van der Waals surface area contributed by atoms with Crippen LogP contribution in [0, 0.1) is 6.92 Å². The van der Waals surface area contributed by atoms with Crippen LogP contribution >= 0.6 is 0 Å². The Bertz CT molecular complexity index is 670. The van der Waals surface area contributed by atoms with Crippen molar-refractivity contribution >= 4 is 5.95 Å². The van der Waals surface area contributed by atoms with Gasteiger partial charge in [-0.2, -0.15) is 0 Å². The van der Waals surface area contributed by atoms with E-state index < -0.39 is 0 Å². The number of nitrogens with one attached hydrogen (secondary N) is 1. The second-order valence-electron chi connectivity index (χ2n) is 6.05. The highest BCUT2D eigenvalue weighted by atomic mass is 16.5. The third-order valence-electron chi connectivity index (χ3n) is 4.61. The largest absolute Gasteiger partial charge is 0.496 e. The molecule has 1 aromatic heterocycles. The van der Waals surface area contributed by atoms with Crippen LogP contribution in [0.4, 0.5) is 5.95 Å². The lowest BCUT2D eigenvalue weighted by Crippen LogP contribution is -3.13. The van der Waals surface area contributed by atoms with E-state index in [-0.39, 0.29) is 0 Å². The molecule has 3 rings (SSSR count). The molecule has 1 saturated heterocycles. The Morgan fingerprint density at radius 1 is 1.08 bits per heavy atom. The van der Waals surface area contributed by atoms with Crippen molar-refractivity contribution in [3.8, 4) is 11.5 Å². The minimum absolute atomic E-state index is 0.828. The second kappa shape index (κ2) is 7.49. The number of quaternary nitrogens is 1. The van der Waals surface area contributed by atoms with Gasteiger partial charge >= 0.3 is 0 Å². The fourth-order valence-corrected chi connectivity index (χ4v) is 3.30. The normalized spacial score (nSPS) is 15.4. The molecular formula is C18H25N4O2+. The molecule has 0 bridgehead atoms. The summed E-state index contributed by atoms with van der Waals surface area (Å²) in [6.07, 6.45) is 3.60. The van der Waals surface area contributed by atoms with Crippen LogP contribution in [0.1, 0.15) is 11.1 Å². The maximum atomic E-state index is 5.63. The first-order valence-corrected chi connectivity index (χ1v) is 8.29. The Labute approximate surface area is 143 Å². The van der Waals surface area contributed by atoms with Gasteiger partial charge in [-0.05, 0) is 25.1 Å². The number of ether oxygens (including phenoxy) is 2. The number of benzene rings is 1. The van der Waals surface area contributed by atoms with Crippen LogP contribution in [0.2, 0.25) is 0 Å². The topological polar surface area (TPSA) is 51.9 Å². The molecule has 0 radical (unpaired) electrons. The van der Waals surface area contributed by atoms with E-state index in [1.54, 1.807) is 31.5 Å². The number of methoxy groups -OCH3 is 2. The van der Waals surface area contributed by atoms with Crippen LogP contribution in [0.3, 0.4) is 0 Å². The van der Waals surface area contributed by atoms with Crippen molar-refractivity contribution < 1.29 is 14.4 Å². The van der Waals surface area contributed by atoms with Gasteiger partial charge in [-0.25, -0.2) is 9.97 Å². The number of nitrogens with zero attached hydrogens (tertiary/aromatic N) is 3. The van der Waals surface area contributed by atoms with E-state index in [0.29, 0.717) is 0 Å². The second-order valence-corrected chi connectivity index (χ2v) is 6.05. The Balaban J connectivity index is 1.65. The first kappa shape index (κ1) is 16.5. The molecule has 0 aliphatic carbocycles. The first-order chi connectivity index (χ1) is 11.7. The molecule has 0 amide bonds. The summed E-state index contributed by atoms with van der Waals surface area (Å²) in [4.78, 5) is 12.5. The van der Waals surface area contributed by atoms with Gasteiger partial charge in [0.05, 0.1) is 40.4 Å². The van der Waals surface area contributed by atoms with E-state index in [0.717, 1.165) is 55.7 Å². The SMILES string of the molecule is COc1ccc(C[NH+]2CCN(c3ncccn3)CC2)c(OC)c1C. The molecule has 1 fully saturated rings.